The number of hydrogen-bond donors (Lipinski definition) is 1. The van der Waals surface area contributed by atoms with E-state index in [1.807, 2.05) is 0 Å². The van der Waals surface area contributed by atoms with Gasteiger partial charge in [0, 0.05) is 14.6 Å². The van der Waals surface area contributed by atoms with Crippen molar-refractivity contribution in [1.82, 2.24) is 0 Å². The first-order valence-electron chi connectivity index (χ1n) is 6.38. The molecule has 0 fully saturated rings. The molecule has 0 aromatic heterocycles. The van der Waals surface area contributed by atoms with E-state index in [2.05, 4.69) is 93.5 Å². The molecule has 1 atom stereocenters. The van der Waals surface area contributed by atoms with E-state index in [1.165, 1.54) is 16.8 Å². The highest BCUT2D eigenvalue weighted by Gasteiger charge is 2.10. The molecule has 1 N–H and O–H groups in total. The standard InChI is InChI=1S/C16H17Br2N/c1-3-15(12-5-4-6-13(17)9-12)19-16-10-14(18)8-7-11(16)2/h4-10,15,19H,3H2,1-2H3. The summed E-state index contributed by atoms with van der Waals surface area (Å²) in [4.78, 5) is 0. The number of anilines is 1. The van der Waals surface area contributed by atoms with Crippen LogP contribution >= 0.6 is 31.9 Å². The fourth-order valence-electron chi connectivity index (χ4n) is 2.08. The molecular formula is C16H17Br2N. The Morgan fingerprint density at radius 3 is 2.47 bits per heavy atom. The molecule has 0 aliphatic heterocycles. The summed E-state index contributed by atoms with van der Waals surface area (Å²) in [5.74, 6) is 0. The minimum Gasteiger partial charge on any atom is -0.378 e. The van der Waals surface area contributed by atoms with Gasteiger partial charge in [-0.25, -0.2) is 0 Å². The van der Waals surface area contributed by atoms with Crippen LogP contribution in [-0.4, -0.2) is 0 Å². The average Bonchev–Trinajstić information content (AvgIpc) is 2.39. The summed E-state index contributed by atoms with van der Waals surface area (Å²) >= 11 is 7.06. The van der Waals surface area contributed by atoms with E-state index in [4.69, 9.17) is 0 Å². The summed E-state index contributed by atoms with van der Waals surface area (Å²) in [5, 5.41) is 3.63. The van der Waals surface area contributed by atoms with Crippen LogP contribution < -0.4 is 5.32 Å². The lowest BCUT2D eigenvalue weighted by Gasteiger charge is -2.20. The number of benzene rings is 2. The predicted molar refractivity (Wildman–Crippen MR) is 89.7 cm³/mol. The van der Waals surface area contributed by atoms with Crippen LogP contribution in [0, 0.1) is 6.92 Å². The van der Waals surface area contributed by atoms with Gasteiger partial charge in [0.05, 0.1) is 6.04 Å². The minimum atomic E-state index is 0.325. The van der Waals surface area contributed by atoms with Gasteiger partial charge < -0.3 is 5.32 Å². The van der Waals surface area contributed by atoms with Crippen molar-refractivity contribution in [3.63, 3.8) is 0 Å². The summed E-state index contributed by atoms with van der Waals surface area (Å²) in [7, 11) is 0. The summed E-state index contributed by atoms with van der Waals surface area (Å²) in [6.07, 6.45) is 1.04. The van der Waals surface area contributed by atoms with Gasteiger partial charge in [0.2, 0.25) is 0 Å². The Kier molecular flexibility index (Phi) is 5.06. The summed E-state index contributed by atoms with van der Waals surface area (Å²) in [5.41, 5.74) is 3.74. The smallest absolute Gasteiger partial charge is 0.0511 e. The normalized spacial score (nSPS) is 12.2. The molecule has 0 saturated heterocycles. The first-order valence-corrected chi connectivity index (χ1v) is 7.97. The Morgan fingerprint density at radius 2 is 1.79 bits per heavy atom. The molecule has 1 nitrogen and oxygen atoms in total. The molecule has 0 aliphatic carbocycles. The highest BCUT2D eigenvalue weighted by Crippen LogP contribution is 2.28. The lowest BCUT2D eigenvalue weighted by molar-refractivity contribution is 0.748. The van der Waals surface area contributed by atoms with Gasteiger partial charge in [-0.2, -0.15) is 0 Å². The highest BCUT2D eigenvalue weighted by molar-refractivity contribution is 9.10. The number of rotatable bonds is 4. The monoisotopic (exact) mass is 381 g/mol. The molecular weight excluding hydrogens is 366 g/mol. The number of nitrogens with one attached hydrogen (secondary N) is 1. The average molecular weight is 383 g/mol. The maximum Gasteiger partial charge on any atom is 0.0511 e. The second-order valence-corrected chi connectivity index (χ2v) is 6.45. The van der Waals surface area contributed by atoms with E-state index in [0.29, 0.717) is 6.04 Å². The Labute approximate surface area is 131 Å². The van der Waals surface area contributed by atoms with Crippen molar-refractivity contribution in [3.05, 3.63) is 62.5 Å². The van der Waals surface area contributed by atoms with Crippen LogP contribution in [0.25, 0.3) is 0 Å². The third-order valence-electron chi connectivity index (χ3n) is 3.19. The summed E-state index contributed by atoms with van der Waals surface area (Å²) in [6, 6.07) is 15.1. The van der Waals surface area contributed by atoms with Gasteiger partial charge in [-0.05, 0) is 48.7 Å². The summed E-state index contributed by atoms with van der Waals surface area (Å²) in [6.45, 7) is 4.33. The van der Waals surface area contributed by atoms with Crippen LogP contribution in [0.2, 0.25) is 0 Å². The number of halogens is 2. The van der Waals surface area contributed by atoms with Crippen molar-refractivity contribution in [2.75, 3.05) is 5.32 Å². The van der Waals surface area contributed by atoms with Crippen molar-refractivity contribution in [1.29, 1.82) is 0 Å². The van der Waals surface area contributed by atoms with Gasteiger partial charge >= 0.3 is 0 Å². The van der Waals surface area contributed by atoms with E-state index in [0.717, 1.165) is 15.4 Å². The van der Waals surface area contributed by atoms with E-state index >= 15 is 0 Å². The van der Waals surface area contributed by atoms with Crippen LogP contribution in [0.4, 0.5) is 5.69 Å². The van der Waals surface area contributed by atoms with E-state index < -0.39 is 0 Å². The molecule has 0 heterocycles. The predicted octanol–water partition coefficient (Wildman–Crippen LogP) is 6.08. The van der Waals surface area contributed by atoms with Gasteiger partial charge in [-0.15, -0.1) is 0 Å². The zero-order valence-electron chi connectivity index (χ0n) is 11.1. The van der Waals surface area contributed by atoms with Crippen LogP contribution in [0.5, 0.6) is 0 Å². The number of aryl methyl sites for hydroxylation is 1. The molecule has 1 unspecified atom stereocenters. The van der Waals surface area contributed by atoms with Gasteiger partial charge in [0.15, 0.2) is 0 Å². The highest BCUT2D eigenvalue weighted by atomic mass is 79.9. The van der Waals surface area contributed by atoms with Crippen molar-refractivity contribution >= 4 is 37.5 Å². The molecule has 2 aromatic rings. The molecule has 0 bridgehead atoms. The van der Waals surface area contributed by atoms with Gasteiger partial charge in [0.1, 0.15) is 0 Å². The summed E-state index contributed by atoms with van der Waals surface area (Å²) < 4.78 is 2.22. The molecule has 2 rings (SSSR count). The van der Waals surface area contributed by atoms with Crippen LogP contribution in [0.3, 0.4) is 0 Å². The quantitative estimate of drug-likeness (QED) is 0.675. The van der Waals surface area contributed by atoms with Crippen LogP contribution in [0.15, 0.2) is 51.4 Å². The largest absolute Gasteiger partial charge is 0.378 e. The SMILES string of the molecule is CCC(Nc1cc(Br)ccc1C)c1cccc(Br)c1. The zero-order valence-corrected chi connectivity index (χ0v) is 14.3. The molecule has 0 saturated carbocycles. The van der Waals surface area contributed by atoms with Crippen molar-refractivity contribution < 1.29 is 0 Å². The molecule has 19 heavy (non-hydrogen) atoms. The fraction of sp³-hybridized carbons (Fsp3) is 0.250. The molecule has 0 amide bonds. The van der Waals surface area contributed by atoms with Gasteiger partial charge in [-0.1, -0.05) is 57.0 Å². The third-order valence-corrected chi connectivity index (χ3v) is 4.18. The zero-order chi connectivity index (χ0) is 13.8. The minimum absolute atomic E-state index is 0.325. The third kappa shape index (κ3) is 3.83. The molecule has 0 aliphatic rings. The lowest BCUT2D eigenvalue weighted by atomic mass is 10.0. The molecule has 2 aromatic carbocycles. The molecule has 3 heteroatoms. The maximum atomic E-state index is 3.63. The molecule has 0 radical (unpaired) electrons. The number of hydrogen-bond acceptors (Lipinski definition) is 1. The molecule has 100 valence electrons. The van der Waals surface area contributed by atoms with Crippen molar-refractivity contribution in [2.24, 2.45) is 0 Å². The van der Waals surface area contributed by atoms with Gasteiger partial charge in [-0.3, -0.25) is 0 Å². The van der Waals surface area contributed by atoms with Gasteiger partial charge in [0.25, 0.3) is 0 Å². The van der Waals surface area contributed by atoms with Crippen LogP contribution in [0.1, 0.15) is 30.5 Å². The van der Waals surface area contributed by atoms with Crippen molar-refractivity contribution in [3.8, 4) is 0 Å². The van der Waals surface area contributed by atoms with Crippen molar-refractivity contribution in [2.45, 2.75) is 26.3 Å². The Hall–Kier alpha value is -0.800. The van der Waals surface area contributed by atoms with E-state index in [-0.39, 0.29) is 0 Å². The first kappa shape index (κ1) is 14.6. The first-order chi connectivity index (χ1) is 9.10. The Morgan fingerprint density at radius 1 is 1.05 bits per heavy atom. The lowest BCUT2D eigenvalue weighted by Crippen LogP contribution is -2.10. The maximum absolute atomic E-state index is 3.63. The second-order valence-electron chi connectivity index (χ2n) is 4.62. The topological polar surface area (TPSA) is 12.0 Å². The Balaban J connectivity index is 2.26. The van der Waals surface area contributed by atoms with E-state index in [9.17, 15) is 0 Å². The van der Waals surface area contributed by atoms with E-state index in [1.54, 1.807) is 0 Å². The van der Waals surface area contributed by atoms with Crippen LogP contribution in [-0.2, 0) is 0 Å². The fourth-order valence-corrected chi connectivity index (χ4v) is 2.86. The Bertz CT molecular complexity index is 566. The molecule has 0 spiro atoms. The second kappa shape index (κ2) is 6.58.